The minimum atomic E-state index is -4.33. The third-order valence-electron chi connectivity index (χ3n) is 7.02. The Morgan fingerprint density at radius 3 is 2.53 bits per heavy atom. The first-order valence-electron chi connectivity index (χ1n) is 11.4. The van der Waals surface area contributed by atoms with Crippen molar-refractivity contribution >= 4 is 0 Å². The van der Waals surface area contributed by atoms with Crippen molar-refractivity contribution in [1.82, 2.24) is 20.0 Å². The van der Waals surface area contributed by atoms with E-state index in [4.69, 9.17) is 4.74 Å². The zero-order valence-corrected chi connectivity index (χ0v) is 19.2. The fourth-order valence-electron chi connectivity index (χ4n) is 5.13. The van der Waals surface area contributed by atoms with Gasteiger partial charge in [0.25, 0.3) is 5.92 Å². The van der Waals surface area contributed by atoms with E-state index in [1.54, 1.807) is 0 Å². The van der Waals surface area contributed by atoms with Crippen molar-refractivity contribution in [3.8, 4) is 0 Å². The first-order valence-corrected chi connectivity index (χ1v) is 11.4. The van der Waals surface area contributed by atoms with Crippen LogP contribution in [0.1, 0.15) is 61.9 Å². The third-order valence-corrected chi connectivity index (χ3v) is 7.02. The highest BCUT2D eigenvalue weighted by Gasteiger charge is 2.44. The first kappa shape index (κ1) is 25.4. The van der Waals surface area contributed by atoms with Crippen molar-refractivity contribution in [2.24, 2.45) is 5.41 Å². The largest absolute Gasteiger partial charge is 0.411 e. The van der Waals surface area contributed by atoms with E-state index >= 15 is 0 Å². The lowest BCUT2D eigenvalue weighted by Crippen LogP contribution is -2.33. The number of fused-ring (bicyclic) bond motifs is 1. The lowest BCUT2D eigenvalue weighted by Gasteiger charge is -2.40. The van der Waals surface area contributed by atoms with Crippen molar-refractivity contribution in [2.45, 2.75) is 76.6 Å². The average Bonchev–Trinajstić information content (AvgIpc) is 3.16. The van der Waals surface area contributed by atoms with Gasteiger partial charge in [-0.2, -0.15) is 18.3 Å². The van der Waals surface area contributed by atoms with Gasteiger partial charge in [-0.3, -0.25) is 9.58 Å². The number of likely N-dealkylation sites (N-methyl/N-ethyl adjacent to an activating group) is 2. The van der Waals surface area contributed by atoms with Gasteiger partial charge in [-0.25, -0.2) is 8.78 Å². The maximum atomic E-state index is 14.1. The molecule has 0 radical (unpaired) electrons. The molecule has 2 aliphatic rings. The molecular weight excluding hydrogens is 431 g/mol. The molecule has 1 aromatic rings. The maximum absolute atomic E-state index is 14.1. The fraction of sp³-hybridized carbons (Fsp3) is 0.864. The summed E-state index contributed by atoms with van der Waals surface area (Å²) in [5.74, 6) is -2.68. The Morgan fingerprint density at radius 2 is 1.94 bits per heavy atom. The van der Waals surface area contributed by atoms with Crippen LogP contribution < -0.4 is 5.32 Å². The molecule has 0 unspecified atom stereocenters. The smallest absolute Gasteiger partial charge is 0.371 e. The molecule has 0 saturated heterocycles. The third kappa shape index (κ3) is 6.20. The topological polar surface area (TPSA) is 42.3 Å². The van der Waals surface area contributed by atoms with E-state index in [-0.39, 0.29) is 30.9 Å². The number of nitrogens with one attached hydrogen (secondary N) is 1. The maximum Gasteiger partial charge on any atom is 0.411 e. The van der Waals surface area contributed by atoms with E-state index in [0.29, 0.717) is 12.2 Å². The van der Waals surface area contributed by atoms with Crippen LogP contribution >= 0.6 is 0 Å². The van der Waals surface area contributed by atoms with Crippen LogP contribution in [0.5, 0.6) is 0 Å². The average molecular weight is 467 g/mol. The second kappa shape index (κ2) is 9.93. The Balaban J connectivity index is 1.73. The highest BCUT2D eigenvalue weighted by molar-refractivity contribution is 5.34. The molecular formula is C22H35F5N4O. The molecule has 10 heteroatoms. The van der Waals surface area contributed by atoms with Gasteiger partial charge in [-0.15, -0.1) is 0 Å². The van der Waals surface area contributed by atoms with E-state index in [1.807, 2.05) is 21.0 Å². The number of nitrogens with zero attached hydrogens (tertiary/aromatic N) is 3. The van der Waals surface area contributed by atoms with Gasteiger partial charge in [0.2, 0.25) is 0 Å². The number of ether oxygens (including phenoxy) is 1. The summed E-state index contributed by atoms with van der Waals surface area (Å²) >= 11 is 0. The van der Waals surface area contributed by atoms with E-state index < -0.39 is 18.7 Å². The molecule has 0 amide bonds. The zero-order chi connectivity index (χ0) is 23.6. The summed E-state index contributed by atoms with van der Waals surface area (Å²) in [5.41, 5.74) is 2.15. The Labute approximate surface area is 186 Å². The minimum absolute atomic E-state index is 0.0829. The van der Waals surface area contributed by atoms with Crippen molar-refractivity contribution in [1.29, 1.82) is 0 Å². The van der Waals surface area contributed by atoms with Crippen molar-refractivity contribution in [3.63, 3.8) is 0 Å². The molecule has 2 heterocycles. The van der Waals surface area contributed by atoms with Crippen LogP contribution in [0, 0.1) is 5.41 Å². The highest BCUT2D eigenvalue weighted by atomic mass is 19.4. The molecule has 0 spiro atoms. The van der Waals surface area contributed by atoms with Crippen LogP contribution in [-0.2, 0) is 24.2 Å². The lowest BCUT2D eigenvalue weighted by molar-refractivity contribution is -0.182. The van der Waals surface area contributed by atoms with Crippen LogP contribution in [0.25, 0.3) is 0 Å². The van der Waals surface area contributed by atoms with Crippen LogP contribution in [0.4, 0.5) is 22.0 Å². The Morgan fingerprint density at radius 1 is 1.25 bits per heavy atom. The normalized spacial score (nSPS) is 25.5. The summed E-state index contributed by atoms with van der Waals surface area (Å²) in [5, 5.41) is 7.67. The van der Waals surface area contributed by atoms with Gasteiger partial charge in [-0.1, -0.05) is 6.92 Å². The van der Waals surface area contributed by atoms with Gasteiger partial charge in [0.05, 0.1) is 18.7 Å². The number of alkyl halides is 5. The second-order valence-electron chi connectivity index (χ2n) is 9.57. The van der Waals surface area contributed by atoms with Crippen molar-refractivity contribution in [3.05, 3.63) is 17.0 Å². The molecule has 1 aliphatic carbocycles. The van der Waals surface area contributed by atoms with Crippen LogP contribution in [0.3, 0.4) is 0 Å². The molecule has 1 aliphatic heterocycles. The summed E-state index contributed by atoms with van der Waals surface area (Å²) in [4.78, 5) is 2.13. The van der Waals surface area contributed by atoms with Gasteiger partial charge in [0, 0.05) is 30.9 Å². The zero-order valence-electron chi connectivity index (χ0n) is 19.2. The summed E-state index contributed by atoms with van der Waals surface area (Å²) in [6.45, 7) is 2.68. The predicted molar refractivity (Wildman–Crippen MR) is 112 cm³/mol. The molecule has 3 rings (SSSR count). The van der Waals surface area contributed by atoms with E-state index in [2.05, 4.69) is 15.3 Å². The van der Waals surface area contributed by atoms with Gasteiger partial charge in [0.15, 0.2) is 0 Å². The summed E-state index contributed by atoms with van der Waals surface area (Å²) in [6, 6.07) is 0. The molecule has 0 aromatic carbocycles. The van der Waals surface area contributed by atoms with Gasteiger partial charge >= 0.3 is 6.18 Å². The first-order chi connectivity index (χ1) is 15.0. The highest BCUT2D eigenvalue weighted by Crippen LogP contribution is 2.48. The molecule has 1 saturated carbocycles. The number of hydrogen-bond acceptors (Lipinski definition) is 4. The lowest BCUT2D eigenvalue weighted by atomic mass is 9.67. The SMILES string of the molecule is CC[C@]1(COCC(F)(F)F)CC[C@@H](c2c(CN(C)CCNC)nn3c2CC(F)(F)C3)CC1. The number of rotatable bonds is 10. The molecule has 1 fully saturated rings. The Kier molecular flexibility index (Phi) is 7.87. The van der Waals surface area contributed by atoms with E-state index in [0.717, 1.165) is 56.5 Å². The quantitative estimate of drug-likeness (QED) is 0.521. The second-order valence-corrected chi connectivity index (χ2v) is 9.57. The fourth-order valence-corrected chi connectivity index (χ4v) is 5.13. The van der Waals surface area contributed by atoms with Gasteiger partial charge < -0.3 is 10.1 Å². The molecule has 1 N–H and O–H groups in total. The number of aromatic nitrogens is 2. The van der Waals surface area contributed by atoms with Crippen molar-refractivity contribution < 1.29 is 26.7 Å². The molecule has 5 nitrogen and oxygen atoms in total. The van der Waals surface area contributed by atoms with Crippen LogP contribution in [-0.4, -0.2) is 67.2 Å². The van der Waals surface area contributed by atoms with Crippen LogP contribution in [0.15, 0.2) is 0 Å². The Bertz CT molecular complexity index is 756. The molecule has 0 bridgehead atoms. The monoisotopic (exact) mass is 466 g/mol. The van der Waals surface area contributed by atoms with E-state index in [9.17, 15) is 22.0 Å². The van der Waals surface area contributed by atoms with Gasteiger partial charge in [0.1, 0.15) is 13.2 Å². The number of hydrogen-bond donors (Lipinski definition) is 1. The Hall–Kier alpha value is -1.26. The minimum Gasteiger partial charge on any atom is -0.371 e. The van der Waals surface area contributed by atoms with Crippen LogP contribution in [0.2, 0.25) is 0 Å². The molecule has 32 heavy (non-hydrogen) atoms. The summed E-state index contributed by atoms with van der Waals surface area (Å²) in [6.07, 6.45) is -0.934. The summed E-state index contributed by atoms with van der Waals surface area (Å²) < 4.78 is 72.2. The van der Waals surface area contributed by atoms with Gasteiger partial charge in [-0.05, 0) is 57.5 Å². The predicted octanol–water partition coefficient (Wildman–Crippen LogP) is 4.36. The standard InChI is InChI=1S/C22H35F5N4O/c1-4-20(14-32-15-22(25,26)27)7-5-16(6-8-20)19-17(12-30(3)10-9-28-2)29-31-13-21(23,24)11-18(19)31/h16,28H,4-15H2,1-3H3/t16-,20+. The molecule has 0 atom stereocenters. The number of halogens is 5. The van der Waals surface area contributed by atoms with Crippen molar-refractivity contribution in [2.75, 3.05) is 40.4 Å². The molecule has 1 aromatic heterocycles. The van der Waals surface area contributed by atoms with E-state index in [1.165, 1.54) is 4.68 Å². The molecule has 184 valence electrons. The summed E-state index contributed by atoms with van der Waals surface area (Å²) in [7, 11) is 3.87.